The molecule has 32 heavy (non-hydrogen) atoms. The van der Waals surface area contributed by atoms with Crippen molar-refractivity contribution >= 4 is 22.8 Å². The molecule has 0 bridgehead atoms. The average Bonchev–Trinajstić information content (AvgIpc) is 2.77. The van der Waals surface area contributed by atoms with Crippen LogP contribution in [-0.2, 0) is 6.54 Å². The molecule has 0 N–H and O–H groups in total. The molecule has 0 radical (unpaired) electrons. The third-order valence-corrected chi connectivity index (χ3v) is 4.81. The van der Waals surface area contributed by atoms with Gasteiger partial charge in [-0.3, -0.25) is 4.79 Å². The van der Waals surface area contributed by atoms with Crippen molar-refractivity contribution in [2.24, 2.45) is 0 Å². The minimum Gasteiger partial charge on any atom is -1.00 e. The molecule has 0 amide bonds. The number of carbonyl (C=O) groups excluding carboxylic acids is 1. The van der Waals surface area contributed by atoms with Crippen molar-refractivity contribution in [3.8, 4) is 5.75 Å². The topological polar surface area (TPSA) is 60.4 Å². The molecule has 2 heterocycles. The molecule has 0 unspecified atom stereocenters. The van der Waals surface area contributed by atoms with Crippen LogP contribution in [0.1, 0.15) is 21.5 Å². The highest BCUT2D eigenvalue weighted by Gasteiger charge is 2.13. The second kappa shape index (κ2) is 10.0. The van der Waals surface area contributed by atoms with Crippen LogP contribution in [0, 0.1) is 5.82 Å². The lowest BCUT2D eigenvalue weighted by Crippen LogP contribution is -3.00. The van der Waals surface area contributed by atoms with Crippen LogP contribution in [0.2, 0.25) is 0 Å². The zero-order valence-corrected chi connectivity index (χ0v) is 17.9. The van der Waals surface area contributed by atoms with Crippen LogP contribution in [0.5, 0.6) is 5.75 Å². The number of pyridine rings is 1. The van der Waals surface area contributed by atoms with E-state index in [0.29, 0.717) is 23.3 Å². The molecular formula is C25H19ClFNO4. The number of ketones is 1. The molecule has 0 fully saturated rings. The normalized spacial score (nSPS) is 10.8. The summed E-state index contributed by atoms with van der Waals surface area (Å²) in [6, 6.07) is 16.8. The molecular weight excluding hydrogens is 433 g/mol. The molecule has 2 aromatic heterocycles. The van der Waals surface area contributed by atoms with Crippen LogP contribution in [0.25, 0.3) is 17.0 Å². The Morgan fingerprint density at radius 3 is 2.56 bits per heavy atom. The lowest BCUT2D eigenvalue weighted by molar-refractivity contribution is -0.688. The molecule has 0 saturated carbocycles. The Morgan fingerprint density at radius 1 is 1.09 bits per heavy atom. The number of para-hydroxylation sites is 1. The highest BCUT2D eigenvalue weighted by atomic mass is 35.5. The molecule has 0 aliphatic carbocycles. The Labute approximate surface area is 189 Å². The second-order valence-corrected chi connectivity index (χ2v) is 6.96. The smallest absolute Gasteiger partial charge is 0.347 e. The van der Waals surface area contributed by atoms with Gasteiger partial charge >= 0.3 is 5.63 Å². The molecule has 0 spiro atoms. The SMILES string of the molecule is COc1cccc2cc(C(=O)/C=C/c3cc[n+](Cc4cccc(F)c4)cc3)c(=O)oc12.[Cl-]. The van der Waals surface area contributed by atoms with E-state index in [4.69, 9.17) is 9.15 Å². The second-order valence-electron chi connectivity index (χ2n) is 6.96. The van der Waals surface area contributed by atoms with Gasteiger partial charge in [-0.25, -0.2) is 13.8 Å². The highest BCUT2D eigenvalue weighted by molar-refractivity contribution is 6.08. The van der Waals surface area contributed by atoms with E-state index in [1.807, 2.05) is 35.2 Å². The first-order valence-corrected chi connectivity index (χ1v) is 9.60. The van der Waals surface area contributed by atoms with E-state index in [2.05, 4.69) is 0 Å². The molecule has 2 aromatic carbocycles. The van der Waals surface area contributed by atoms with Crippen molar-refractivity contribution < 1.29 is 35.3 Å². The van der Waals surface area contributed by atoms with E-state index in [-0.39, 0.29) is 23.8 Å². The van der Waals surface area contributed by atoms with E-state index >= 15 is 0 Å². The Bertz CT molecular complexity index is 1350. The van der Waals surface area contributed by atoms with Gasteiger partial charge in [0.2, 0.25) is 0 Å². The fourth-order valence-corrected chi connectivity index (χ4v) is 3.24. The fourth-order valence-electron chi connectivity index (χ4n) is 3.24. The standard InChI is InChI=1S/C25H19FNO4.ClH/c1-30-23-7-3-5-19-15-21(25(29)31-24(19)23)22(28)9-8-17-10-12-27(13-11-17)16-18-4-2-6-20(26)14-18;/h2-15H,16H2,1H3;1H/q+1;/p-1/b9-8+;. The van der Waals surface area contributed by atoms with Gasteiger partial charge in [0.1, 0.15) is 11.4 Å². The number of allylic oxidation sites excluding steroid dienone is 1. The number of methoxy groups -OCH3 is 1. The van der Waals surface area contributed by atoms with Crippen molar-refractivity contribution in [1.82, 2.24) is 0 Å². The molecule has 4 aromatic rings. The number of hydrogen-bond acceptors (Lipinski definition) is 4. The summed E-state index contributed by atoms with van der Waals surface area (Å²) in [5, 5.41) is 0.605. The Hall–Kier alpha value is -3.77. The summed E-state index contributed by atoms with van der Waals surface area (Å²) in [6.07, 6.45) is 6.64. The van der Waals surface area contributed by atoms with Crippen molar-refractivity contribution in [3.63, 3.8) is 0 Å². The molecule has 162 valence electrons. The van der Waals surface area contributed by atoms with Crippen molar-refractivity contribution in [3.05, 3.63) is 112 Å². The molecule has 4 rings (SSSR count). The van der Waals surface area contributed by atoms with Crippen LogP contribution in [0.3, 0.4) is 0 Å². The van der Waals surface area contributed by atoms with Crippen LogP contribution in [0.4, 0.5) is 4.39 Å². The van der Waals surface area contributed by atoms with Crippen LogP contribution in [-0.4, -0.2) is 12.9 Å². The predicted octanol–water partition coefficient (Wildman–Crippen LogP) is 1.18. The van der Waals surface area contributed by atoms with Gasteiger partial charge in [-0.2, -0.15) is 0 Å². The van der Waals surface area contributed by atoms with E-state index in [9.17, 15) is 14.0 Å². The fraction of sp³-hybridized carbons (Fsp3) is 0.0800. The summed E-state index contributed by atoms with van der Waals surface area (Å²) in [5.41, 5.74) is 1.18. The quantitative estimate of drug-likeness (QED) is 0.191. The van der Waals surface area contributed by atoms with E-state index in [1.165, 1.54) is 31.4 Å². The summed E-state index contributed by atoms with van der Waals surface area (Å²) in [6.45, 7) is 0.530. The number of rotatable bonds is 6. The lowest BCUT2D eigenvalue weighted by Gasteiger charge is -2.04. The molecule has 7 heteroatoms. The first-order valence-electron chi connectivity index (χ1n) is 9.60. The van der Waals surface area contributed by atoms with Crippen LogP contribution in [0.15, 0.2) is 88.3 Å². The Morgan fingerprint density at radius 2 is 1.84 bits per heavy atom. The van der Waals surface area contributed by atoms with Gasteiger partial charge in [-0.1, -0.05) is 30.3 Å². The predicted molar refractivity (Wildman–Crippen MR) is 115 cm³/mol. The maximum atomic E-state index is 13.3. The molecule has 0 atom stereocenters. The van der Waals surface area contributed by atoms with Gasteiger partial charge in [0.15, 0.2) is 36.1 Å². The van der Waals surface area contributed by atoms with Crippen molar-refractivity contribution in [1.29, 1.82) is 0 Å². The zero-order chi connectivity index (χ0) is 21.8. The van der Waals surface area contributed by atoms with Crippen LogP contribution < -0.4 is 27.3 Å². The number of ether oxygens (including phenoxy) is 1. The average molecular weight is 452 g/mol. The van der Waals surface area contributed by atoms with Gasteiger partial charge in [-0.05, 0) is 35.9 Å². The van der Waals surface area contributed by atoms with Gasteiger partial charge in [-0.15, -0.1) is 0 Å². The minimum absolute atomic E-state index is 0. The number of benzene rings is 2. The molecule has 0 aliphatic heterocycles. The Kier molecular flexibility index (Phi) is 7.18. The van der Waals surface area contributed by atoms with Gasteiger partial charge in [0.05, 0.1) is 7.11 Å². The number of carbonyl (C=O) groups is 1. The first kappa shape index (κ1) is 22.9. The maximum absolute atomic E-state index is 13.3. The third-order valence-electron chi connectivity index (χ3n) is 4.81. The van der Waals surface area contributed by atoms with E-state index in [0.717, 1.165) is 11.1 Å². The van der Waals surface area contributed by atoms with Crippen molar-refractivity contribution in [2.45, 2.75) is 6.54 Å². The van der Waals surface area contributed by atoms with E-state index < -0.39 is 11.4 Å². The minimum atomic E-state index is -0.715. The molecule has 0 aliphatic rings. The summed E-state index contributed by atoms with van der Waals surface area (Å²) in [4.78, 5) is 24.8. The number of hydrogen-bond donors (Lipinski definition) is 0. The highest BCUT2D eigenvalue weighted by Crippen LogP contribution is 2.24. The number of aromatic nitrogens is 1. The maximum Gasteiger partial charge on any atom is 0.347 e. The number of nitrogens with zero attached hydrogens (tertiary/aromatic N) is 1. The molecule has 0 saturated heterocycles. The summed E-state index contributed by atoms with van der Waals surface area (Å²) >= 11 is 0. The zero-order valence-electron chi connectivity index (χ0n) is 17.1. The summed E-state index contributed by atoms with van der Waals surface area (Å²) in [7, 11) is 1.48. The van der Waals surface area contributed by atoms with Gasteiger partial charge in [0.25, 0.3) is 0 Å². The summed E-state index contributed by atoms with van der Waals surface area (Å²) in [5.74, 6) is -0.289. The van der Waals surface area contributed by atoms with Crippen molar-refractivity contribution in [2.75, 3.05) is 7.11 Å². The largest absolute Gasteiger partial charge is 1.00 e. The molecule has 5 nitrogen and oxygen atoms in total. The Balaban J connectivity index is 0.00000289. The lowest BCUT2D eigenvalue weighted by atomic mass is 10.1. The van der Waals surface area contributed by atoms with Gasteiger partial charge < -0.3 is 21.6 Å². The monoisotopic (exact) mass is 451 g/mol. The number of fused-ring (bicyclic) bond motifs is 1. The third kappa shape index (κ3) is 5.10. The van der Waals surface area contributed by atoms with Gasteiger partial charge in [0, 0.05) is 23.1 Å². The number of halogens is 2. The summed E-state index contributed by atoms with van der Waals surface area (Å²) < 4.78 is 25.7. The first-order chi connectivity index (χ1) is 15.0. The van der Waals surface area contributed by atoms with E-state index in [1.54, 1.807) is 30.3 Å². The van der Waals surface area contributed by atoms with Crippen LogP contribution >= 0.6 is 0 Å².